The minimum atomic E-state index is 0.285. The van der Waals surface area contributed by atoms with Crippen molar-refractivity contribution in [1.82, 2.24) is 5.32 Å². The van der Waals surface area contributed by atoms with Crippen LogP contribution in [0.15, 0.2) is 0 Å². The van der Waals surface area contributed by atoms with E-state index in [9.17, 15) is 4.79 Å². The molecule has 0 aliphatic heterocycles. The van der Waals surface area contributed by atoms with E-state index in [-0.39, 0.29) is 11.8 Å². The van der Waals surface area contributed by atoms with E-state index in [0.29, 0.717) is 5.92 Å². The minimum absolute atomic E-state index is 0.285. The minimum Gasteiger partial charge on any atom is -0.356 e. The maximum Gasteiger partial charge on any atom is 0.223 e. The van der Waals surface area contributed by atoms with Crippen LogP contribution in [0.1, 0.15) is 46.0 Å². The molecule has 0 bridgehead atoms. The number of carbonyl (C=O) groups excluding carboxylic acids is 1. The van der Waals surface area contributed by atoms with Crippen LogP contribution in [-0.4, -0.2) is 17.8 Å². The third-order valence-corrected chi connectivity index (χ3v) is 4.07. The van der Waals surface area contributed by atoms with Gasteiger partial charge in [0.25, 0.3) is 0 Å². The van der Waals surface area contributed by atoms with E-state index in [1.54, 1.807) is 0 Å². The van der Waals surface area contributed by atoms with Crippen molar-refractivity contribution in [3.63, 3.8) is 0 Å². The van der Waals surface area contributed by atoms with Crippen molar-refractivity contribution in [2.45, 2.75) is 46.0 Å². The first-order valence-corrected chi connectivity index (χ1v) is 7.59. The third kappa shape index (κ3) is 4.86. The highest BCUT2D eigenvalue weighted by Gasteiger charge is 2.24. The second kappa shape index (κ2) is 7.31. The van der Waals surface area contributed by atoms with Gasteiger partial charge in [-0.2, -0.15) is 0 Å². The zero-order valence-corrected chi connectivity index (χ0v) is 12.1. The van der Waals surface area contributed by atoms with Gasteiger partial charge in [0.05, 0.1) is 0 Å². The summed E-state index contributed by atoms with van der Waals surface area (Å²) in [6.07, 6.45) is 5.73. The first-order chi connectivity index (χ1) is 7.63. The first kappa shape index (κ1) is 14.0. The van der Waals surface area contributed by atoms with Crippen molar-refractivity contribution in [1.29, 1.82) is 0 Å². The highest BCUT2D eigenvalue weighted by molar-refractivity contribution is 9.09. The molecule has 1 aliphatic rings. The molecule has 0 aromatic heterocycles. The second-order valence-corrected chi connectivity index (χ2v) is 6.08. The molecule has 94 valence electrons. The number of halogens is 1. The van der Waals surface area contributed by atoms with Crippen LogP contribution in [0.3, 0.4) is 0 Å². The predicted molar refractivity (Wildman–Crippen MR) is 71.7 cm³/mol. The summed E-state index contributed by atoms with van der Waals surface area (Å²) in [6, 6.07) is 0. The molecule has 1 unspecified atom stereocenters. The molecule has 1 amide bonds. The zero-order valence-electron chi connectivity index (χ0n) is 10.5. The molecule has 16 heavy (non-hydrogen) atoms. The molecule has 0 spiro atoms. The van der Waals surface area contributed by atoms with Gasteiger partial charge in [-0.15, -0.1) is 0 Å². The normalized spacial score (nSPS) is 27.4. The Bertz CT molecular complexity index is 212. The van der Waals surface area contributed by atoms with Crippen LogP contribution in [-0.2, 0) is 4.79 Å². The quantitative estimate of drug-likeness (QED) is 0.773. The highest BCUT2D eigenvalue weighted by Crippen LogP contribution is 2.28. The smallest absolute Gasteiger partial charge is 0.223 e. The zero-order chi connectivity index (χ0) is 12.0. The molecule has 0 aromatic carbocycles. The molecular formula is C13H24BrNO. The fourth-order valence-electron chi connectivity index (χ4n) is 2.23. The van der Waals surface area contributed by atoms with Gasteiger partial charge in [-0.05, 0) is 43.9 Å². The van der Waals surface area contributed by atoms with Crippen LogP contribution in [0.25, 0.3) is 0 Å². The average molecular weight is 290 g/mol. The summed E-state index contributed by atoms with van der Waals surface area (Å²) in [5.74, 6) is 1.96. The molecule has 1 aliphatic carbocycles. The lowest BCUT2D eigenvalue weighted by Crippen LogP contribution is -2.35. The lowest BCUT2D eigenvalue weighted by atomic mass is 9.82. The molecule has 0 saturated heterocycles. The van der Waals surface area contributed by atoms with E-state index >= 15 is 0 Å². The van der Waals surface area contributed by atoms with Crippen molar-refractivity contribution >= 4 is 21.8 Å². The number of rotatable bonds is 5. The fourth-order valence-corrected chi connectivity index (χ4v) is 3.01. The Morgan fingerprint density at radius 1 is 1.38 bits per heavy atom. The number of hydrogen-bond acceptors (Lipinski definition) is 1. The third-order valence-electron chi connectivity index (χ3n) is 3.61. The molecule has 0 radical (unpaired) electrons. The topological polar surface area (TPSA) is 29.1 Å². The summed E-state index contributed by atoms with van der Waals surface area (Å²) in [6.45, 7) is 5.30. The number of hydrogen-bond donors (Lipinski definition) is 1. The summed E-state index contributed by atoms with van der Waals surface area (Å²) < 4.78 is 0. The standard InChI is InChI=1S/C13H24BrNO/c1-10-3-5-12(6-4-10)13(16)15-9-11(2)7-8-14/h10-12H,3-9H2,1-2H3,(H,15,16). The second-order valence-electron chi connectivity index (χ2n) is 5.28. The molecule has 0 aromatic rings. The number of alkyl halides is 1. The van der Waals surface area contributed by atoms with E-state index < -0.39 is 0 Å². The summed E-state index contributed by atoms with van der Waals surface area (Å²) in [4.78, 5) is 11.9. The molecular weight excluding hydrogens is 266 g/mol. The Hall–Kier alpha value is -0.0500. The number of amides is 1. The van der Waals surface area contributed by atoms with E-state index in [1.165, 1.54) is 12.8 Å². The lowest BCUT2D eigenvalue weighted by molar-refractivity contribution is -0.126. The molecule has 1 atom stereocenters. The van der Waals surface area contributed by atoms with E-state index in [2.05, 4.69) is 35.1 Å². The van der Waals surface area contributed by atoms with Gasteiger partial charge >= 0.3 is 0 Å². The van der Waals surface area contributed by atoms with Crippen LogP contribution in [0.2, 0.25) is 0 Å². The van der Waals surface area contributed by atoms with Crippen LogP contribution in [0.4, 0.5) is 0 Å². The van der Waals surface area contributed by atoms with Crippen LogP contribution >= 0.6 is 15.9 Å². The Balaban J connectivity index is 2.19. The summed E-state index contributed by atoms with van der Waals surface area (Å²) >= 11 is 3.43. The summed E-state index contributed by atoms with van der Waals surface area (Å²) in [7, 11) is 0. The Labute approximate surface area is 108 Å². The largest absolute Gasteiger partial charge is 0.356 e. The fraction of sp³-hybridized carbons (Fsp3) is 0.923. The van der Waals surface area contributed by atoms with E-state index in [1.807, 2.05) is 0 Å². The van der Waals surface area contributed by atoms with Crippen LogP contribution in [0.5, 0.6) is 0 Å². The van der Waals surface area contributed by atoms with Crippen molar-refractivity contribution in [2.75, 3.05) is 11.9 Å². The van der Waals surface area contributed by atoms with Crippen LogP contribution in [0, 0.1) is 17.8 Å². The van der Waals surface area contributed by atoms with Crippen molar-refractivity contribution < 1.29 is 4.79 Å². The van der Waals surface area contributed by atoms with Crippen LogP contribution < -0.4 is 5.32 Å². The van der Waals surface area contributed by atoms with Crippen molar-refractivity contribution in [2.24, 2.45) is 17.8 Å². The van der Waals surface area contributed by atoms with Gasteiger partial charge in [-0.3, -0.25) is 4.79 Å². The maximum absolute atomic E-state index is 11.9. The molecule has 1 rings (SSSR count). The van der Waals surface area contributed by atoms with Gasteiger partial charge in [-0.1, -0.05) is 29.8 Å². The molecule has 1 N–H and O–H groups in total. The summed E-state index contributed by atoms with van der Waals surface area (Å²) in [5.41, 5.74) is 0. The molecule has 3 heteroatoms. The van der Waals surface area contributed by atoms with Gasteiger partial charge < -0.3 is 5.32 Å². The van der Waals surface area contributed by atoms with E-state index in [0.717, 1.165) is 37.1 Å². The molecule has 2 nitrogen and oxygen atoms in total. The highest BCUT2D eigenvalue weighted by atomic mass is 79.9. The van der Waals surface area contributed by atoms with Gasteiger partial charge in [0.2, 0.25) is 5.91 Å². The summed E-state index contributed by atoms with van der Waals surface area (Å²) in [5, 5.41) is 4.11. The molecule has 1 saturated carbocycles. The van der Waals surface area contributed by atoms with Gasteiger partial charge in [0.15, 0.2) is 0 Å². The monoisotopic (exact) mass is 289 g/mol. The van der Waals surface area contributed by atoms with Gasteiger partial charge in [0, 0.05) is 17.8 Å². The Morgan fingerprint density at radius 2 is 2.00 bits per heavy atom. The predicted octanol–water partition coefficient (Wildman–Crippen LogP) is 3.35. The first-order valence-electron chi connectivity index (χ1n) is 6.47. The SMILES string of the molecule is CC1CCC(C(=O)NCC(C)CCBr)CC1. The molecule has 0 heterocycles. The van der Waals surface area contributed by atoms with Crippen molar-refractivity contribution in [3.05, 3.63) is 0 Å². The Morgan fingerprint density at radius 3 is 2.56 bits per heavy atom. The van der Waals surface area contributed by atoms with Gasteiger partial charge in [0.1, 0.15) is 0 Å². The van der Waals surface area contributed by atoms with Crippen molar-refractivity contribution in [3.8, 4) is 0 Å². The average Bonchev–Trinajstić information content (AvgIpc) is 2.27. The lowest BCUT2D eigenvalue weighted by Gasteiger charge is -2.25. The Kier molecular flexibility index (Phi) is 6.40. The maximum atomic E-state index is 11.9. The van der Waals surface area contributed by atoms with E-state index in [4.69, 9.17) is 0 Å². The van der Waals surface area contributed by atoms with Gasteiger partial charge in [-0.25, -0.2) is 0 Å². The number of nitrogens with one attached hydrogen (secondary N) is 1. The number of carbonyl (C=O) groups is 1. The molecule has 1 fully saturated rings.